The highest BCUT2D eigenvalue weighted by atomic mass is 35.5. The molecule has 0 atom stereocenters. The first-order valence-corrected chi connectivity index (χ1v) is 6.38. The summed E-state index contributed by atoms with van der Waals surface area (Å²) in [5.41, 5.74) is 5.74. The van der Waals surface area contributed by atoms with Gasteiger partial charge in [0, 0.05) is 21.3 Å². The summed E-state index contributed by atoms with van der Waals surface area (Å²) < 4.78 is 38.9. The molecule has 0 heterocycles. The number of halogens is 5. The summed E-state index contributed by atoms with van der Waals surface area (Å²) in [6.07, 6.45) is -4.47. The molecule has 0 bridgehead atoms. The van der Waals surface area contributed by atoms with E-state index in [9.17, 15) is 13.2 Å². The van der Waals surface area contributed by atoms with E-state index >= 15 is 0 Å². The lowest BCUT2D eigenvalue weighted by molar-refractivity contribution is -0.137. The fourth-order valence-electron chi connectivity index (χ4n) is 1.91. The minimum Gasteiger partial charge on any atom is -0.398 e. The maximum absolute atomic E-state index is 13.0. The molecule has 0 amide bonds. The van der Waals surface area contributed by atoms with Crippen LogP contribution in [-0.4, -0.2) is 0 Å². The number of anilines is 1. The molecule has 0 radical (unpaired) electrons. The highest BCUT2D eigenvalue weighted by Crippen LogP contribution is 2.39. The van der Waals surface area contributed by atoms with Gasteiger partial charge in [0.2, 0.25) is 0 Å². The van der Waals surface area contributed by atoms with Gasteiger partial charge in [-0.2, -0.15) is 13.2 Å². The van der Waals surface area contributed by atoms with Crippen LogP contribution in [0.3, 0.4) is 0 Å². The minimum absolute atomic E-state index is 0.00587. The van der Waals surface area contributed by atoms with Crippen molar-refractivity contribution in [1.82, 2.24) is 0 Å². The lowest BCUT2D eigenvalue weighted by Gasteiger charge is -2.15. The molecule has 2 N–H and O–H groups in total. The lowest BCUT2D eigenvalue weighted by Crippen LogP contribution is -2.09. The van der Waals surface area contributed by atoms with Crippen molar-refractivity contribution in [1.29, 1.82) is 0 Å². The van der Waals surface area contributed by atoms with E-state index in [2.05, 4.69) is 0 Å². The van der Waals surface area contributed by atoms with Crippen LogP contribution < -0.4 is 5.73 Å². The van der Waals surface area contributed by atoms with Crippen LogP contribution in [0.25, 0.3) is 11.1 Å². The van der Waals surface area contributed by atoms with Crippen LogP contribution in [-0.2, 0) is 6.18 Å². The van der Waals surface area contributed by atoms with Crippen molar-refractivity contribution in [3.8, 4) is 11.1 Å². The molecule has 106 valence electrons. The summed E-state index contributed by atoms with van der Waals surface area (Å²) >= 11 is 11.8. The summed E-state index contributed by atoms with van der Waals surface area (Å²) in [7, 11) is 0. The standard InChI is InChI=1S/C14H10Cl2F3N/c1-7-11(14(17,18)19)4-8(5-13(7)20)10-3-2-9(15)6-12(10)16/h2-6H,20H2,1H3. The average molecular weight is 320 g/mol. The van der Waals surface area contributed by atoms with Crippen LogP contribution in [0.2, 0.25) is 10.0 Å². The second-order valence-corrected chi connectivity index (χ2v) is 5.20. The fraction of sp³-hybridized carbons (Fsp3) is 0.143. The van der Waals surface area contributed by atoms with Gasteiger partial charge in [0.25, 0.3) is 0 Å². The minimum atomic E-state index is -4.47. The van der Waals surface area contributed by atoms with E-state index in [1.165, 1.54) is 19.1 Å². The number of alkyl halides is 3. The second kappa shape index (κ2) is 5.19. The molecule has 0 aliphatic heterocycles. The maximum Gasteiger partial charge on any atom is 0.416 e. The Balaban J connectivity index is 2.67. The van der Waals surface area contributed by atoms with Crippen LogP contribution in [0.15, 0.2) is 30.3 Å². The first kappa shape index (κ1) is 15.0. The van der Waals surface area contributed by atoms with Gasteiger partial charge < -0.3 is 5.73 Å². The zero-order valence-electron chi connectivity index (χ0n) is 10.4. The van der Waals surface area contributed by atoms with Crippen LogP contribution in [0.1, 0.15) is 11.1 Å². The zero-order chi connectivity index (χ0) is 15.1. The number of nitrogen functional groups attached to an aromatic ring is 1. The number of hydrogen-bond acceptors (Lipinski definition) is 1. The smallest absolute Gasteiger partial charge is 0.398 e. The van der Waals surface area contributed by atoms with E-state index in [-0.39, 0.29) is 16.3 Å². The summed E-state index contributed by atoms with van der Waals surface area (Å²) in [5.74, 6) is 0. The first-order chi connectivity index (χ1) is 9.20. The van der Waals surface area contributed by atoms with Crippen LogP contribution in [0.5, 0.6) is 0 Å². The lowest BCUT2D eigenvalue weighted by atomic mass is 9.98. The largest absolute Gasteiger partial charge is 0.416 e. The summed E-state index contributed by atoms with van der Waals surface area (Å²) in [4.78, 5) is 0. The molecule has 2 aromatic carbocycles. The molecule has 0 saturated heterocycles. The number of nitrogens with two attached hydrogens (primary N) is 1. The summed E-state index contributed by atoms with van der Waals surface area (Å²) in [6, 6.07) is 7.11. The second-order valence-electron chi connectivity index (χ2n) is 4.36. The molecule has 0 unspecified atom stereocenters. The van der Waals surface area contributed by atoms with Crippen molar-refractivity contribution in [2.24, 2.45) is 0 Å². The van der Waals surface area contributed by atoms with E-state index in [1.807, 2.05) is 0 Å². The normalized spacial score (nSPS) is 11.7. The van der Waals surface area contributed by atoms with E-state index in [1.54, 1.807) is 12.1 Å². The van der Waals surface area contributed by atoms with Gasteiger partial charge in [-0.1, -0.05) is 29.3 Å². The molecule has 0 aromatic heterocycles. The Bertz CT molecular complexity index is 666. The van der Waals surface area contributed by atoms with Gasteiger partial charge >= 0.3 is 6.18 Å². The molecule has 0 aliphatic carbocycles. The van der Waals surface area contributed by atoms with Gasteiger partial charge in [0.05, 0.1) is 5.56 Å². The molecule has 6 heteroatoms. The Kier molecular flexibility index (Phi) is 3.89. The molecule has 0 fully saturated rings. The maximum atomic E-state index is 13.0. The summed E-state index contributed by atoms with van der Waals surface area (Å²) in [5, 5.41) is 0.684. The quantitative estimate of drug-likeness (QED) is 0.683. The van der Waals surface area contributed by atoms with Crippen LogP contribution in [0.4, 0.5) is 18.9 Å². The first-order valence-electron chi connectivity index (χ1n) is 5.63. The van der Waals surface area contributed by atoms with Crippen molar-refractivity contribution in [2.45, 2.75) is 13.1 Å². The Morgan fingerprint density at radius 3 is 2.25 bits per heavy atom. The van der Waals surface area contributed by atoms with Gasteiger partial charge in [-0.25, -0.2) is 0 Å². The van der Waals surface area contributed by atoms with Crippen molar-refractivity contribution in [3.05, 3.63) is 51.5 Å². The fourth-order valence-corrected chi connectivity index (χ4v) is 2.43. The number of rotatable bonds is 1. The molecule has 0 spiro atoms. The third-order valence-corrected chi connectivity index (χ3v) is 3.54. The average Bonchev–Trinajstić information content (AvgIpc) is 2.31. The third-order valence-electron chi connectivity index (χ3n) is 3.00. The van der Waals surface area contributed by atoms with Gasteiger partial charge in [-0.05, 0) is 42.3 Å². The molecule has 2 aromatic rings. The third kappa shape index (κ3) is 2.86. The molecular weight excluding hydrogens is 310 g/mol. The Morgan fingerprint density at radius 1 is 1.05 bits per heavy atom. The van der Waals surface area contributed by atoms with Crippen LogP contribution in [0, 0.1) is 6.92 Å². The van der Waals surface area contributed by atoms with E-state index in [4.69, 9.17) is 28.9 Å². The molecular formula is C14H10Cl2F3N. The topological polar surface area (TPSA) is 26.0 Å². The Morgan fingerprint density at radius 2 is 1.70 bits per heavy atom. The summed E-state index contributed by atoms with van der Waals surface area (Å²) in [6.45, 7) is 1.34. The molecule has 20 heavy (non-hydrogen) atoms. The number of hydrogen-bond donors (Lipinski definition) is 1. The van der Waals surface area contributed by atoms with Gasteiger partial charge in [0.15, 0.2) is 0 Å². The highest BCUT2D eigenvalue weighted by Gasteiger charge is 2.33. The van der Waals surface area contributed by atoms with E-state index in [0.717, 1.165) is 6.07 Å². The van der Waals surface area contributed by atoms with E-state index in [0.29, 0.717) is 16.1 Å². The van der Waals surface area contributed by atoms with Crippen molar-refractivity contribution in [2.75, 3.05) is 5.73 Å². The predicted octanol–water partition coefficient (Wildman–Crippen LogP) is 5.57. The van der Waals surface area contributed by atoms with Crippen molar-refractivity contribution in [3.63, 3.8) is 0 Å². The molecule has 2 rings (SSSR count). The highest BCUT2D eigenvalue weighted by molar-refractivity contribution is 6.36. The van der Waals surface area contributed by atoms with Gasteiger partial charge in [0.1, 0.15) is 0 Å². The Labute approximate surface area is 124 Å². The SMILES string of the molecule is Cc1c(N)cc(-c2ccc(Cl)cc2Cl)cc1C(F)(F)F. The molecule has 0 aliphatic rings. The molecule has 1 nitrogen and oxygen atoms in total. The number of benzene rings is 2. The van der Waals surface area contributed by atoms with E-state index < -0.39 is 11.7 Å². The van der Waals surface area contributed by atoms with Gasteiger partial charge in [-0.15, -0.1) is 0 Å². The predicted molar refractivity (Wildman–Crippen MR) is 76.0 cm³/mol. The van der Waals surface area contributed by atoms with Crippen LogP contribution >= 0.6 is 23.2 Å². The Hall–Kier alpha value is -1.39. The van der Waals surface area contributed by atoms with Gasteiger partial charge in [-0.3, -0.25) is 0 Å². The zero-order valence-corrected chi connectivity index (χ0v) is 11.9. The van der Waals surface area contributed by atoms with Crippen molar-refractivity contribution >= 4 is 28.9 Å². The van der Waals surface area contributed by atoms with Crippen molar-refractivity contribution < 1.29 is 13.2 Å². The molecule has 0 saturated carbocycles. The monoisotopic (exact) mass is 319 g/mol.